The normalized spacial score (nSPS) is 29.1. The largest absolute Gasteiger partial charge is 0.447 e. The van der Waals surface area contributed by atoms with Crippen molar-refractivity contribution in [1.82, 2.24) is 10.2 Å². The van der Waals surface area contributed by atoms with Gasteiger partial charge in [-0.3, -0.25) is 9.59 Å². The highest BCUT2D eigenvalue weighted by Gasteiger charge is 2.64. The summed E-state index contributed by atoms with van der Waals surface area (Å²) in [7, 11) is 0. The Hall–Kier alpha value is -2.68. The first-order valence-electron chi connectivity index (χ1n) is 7.69. The zero-order chi connectivity index (χ0) is 18.0. The molecule has 1 aromatic rings. The Kier molecular flexibility index (Phi) is 3.11. The minimum absolute atomic E-state index is 0.0735. The van der Waals surface area contributed by atoms with E-state index >= 15 is 0 Å². The molecule has 0 unspecified atom stereocenters. The summed E-state index contributed by atoms with van der Waals surface area (Å²) in [6.07, 6.45) is -0.753. The molecule has 1 spiro atoms. The molecule has 2 atom stereocenters. The fourth-order valence-electron chi connectivity index (χ4n) is 3.46. The average Bonchev–Trinajstić information content (AvgIpc) is 3.14. The van der Waals surface area contributed by atoms with Crippen molar-refractivity contribution in [3.05, 3.63) is 29.8 Å². The summed E-state index contributed by atoms with van der Waals surface area (Å²) in [5.41, 5.74) is -1.45. The second kappa shape index (κ2) is 4.92. The van der Waals surface area contributed by atoms with Gasteiger partial charge in [0, 0.05) is 11.3 Å². The van der Waals surface area contributed by atoms with Gasteiger partial charge in [0.2, 0.25) is 5.60 Å². The number of nitrogens with one attached hydrogen (secondary N) is 2. The Morgan fingerprint density at radius 1 is 1.32 bits per heavy atom. The third kappa shape index (κ3) is 1.98. The molecule has 0 radical (unpaired) electrons. The number of carbonyl (C=O) groups is 3. The molecular formula is C16H15N3O5S. The molecule has 1 aromatic carbocycles. The van der Waals surface area contributed by atoms with Gasteiger partial charge in [-0.25, -0.2) is 9.69 Å². The maximum absolute atomic E-state index is 13.2. The fraction of sp³-hybridized carbons (Fsp3) is 0.375. The van der Waals surface area contributed by atoms with E-state index in [4.69, 9.17) is 21.7 Å². The smallest absolute Gasteiger partial charge is 0.417 e. The van der Waals surface area contributed by atoms with Crippen molar-refractivity contribution in [3.63, 3.8) is 0 Å². The molecule has 2 saturated heterocycles. The maximum atomic E-state index is 13.2. The van der Waals surface area contributed by atoms with Crippen LogP contribution in [0, 0.1) is 0 Å². The first-order valence-corrected chi connectivity index (χ1v) is 8.09. The van der Waals surface area contributed by atoms with Gasteiger partial charge in [-0.15, -0.1) is 0 Å². The van der Waals surface area contributed by atoms with Gasteiger partial charge in [-0.2, -0.15) is 0 Å². The standard InChI is InChI=1S/C16H15N3O5S/c1-15(2)7-23-14(22)19(15)11(20)10-16(24-13(25)18-10)8-5-3-4-6-9(8)17-12(16)21/h3-6,10H,7H2,1-2H3,(H,17,21)(H,18,25)/t10-,16-/m1/s1. The molecule has 4 rings (SSSR count). The minimum Gasteiger partial charge on any atom is -0.447 e. The van der Waals surface area contributed by atoms with Crippen molar-refractivity contribution in [2.75, 3.05) is 11.9 Å². The van der Waals surface area contributed by atoms with E-state index in [0.29, 0.717) is 11.3 Å². The lowest BCUT2D eigenvalue weighted by Gasteiger charge is -2.32. The van der Waals surface area contributed by atoms with Crippen LogP contribution < -0.4 is 10.6 Å². The van der Waals surface area contributed by atoms with Crippen LogP contribution in [0.25, 0.3) is 0 Å². The number of hydrogen-bond acceptors (Lipinski definition) is 6. The molecule has 25 heavy (non-hydrogen) atoms. The maximum Gasteiger partial charge on any atom is 0.417 e. The molecule has 2 fully saturated rings. The Balaban J connectivity index is 1.82. The van der Waals surface area contributed by atoms with Gasteiger partial charge in [-0.05, 0) is 32.1 Å². The first-order chi connectivity index (χ1) is 11.8. The summed E-state index contributed by atoms with van der Waals surface area (Å²) in [5, 5.41) is 5.38. The van der Waals surface area contributed by atoms with Crippen molar-refractivity contribution in [1.29, 1.82) is 0 Å². The van der Waals surface area contributed by atoms with Crippen LogP contribution >= 0.6 is 12.2 Å². The zero-order valence-corrected chi connectivity index (χ0v) is 14.3. The van der Waals surface area contributed by atoms with Crippen molar-refractivity contribution in [2.45, 2.75) is 31.0 Å². The van der Waals surface area contributed by atoms with E-state index < -0.39 is 35.1 Å². The van der Waals surface area contributed by atoms with E-state index in [1.165, 1.54) is 0 Å². The number of amides is 3. The van der Waals surface area contributed by atoms with Crippen LogP contribution in [-0.2, 0) is 24.7 Å². The second-order valence-corrected chi connectivity index (χ2v) is 7.11. The molecule has 0 aromatic heterocycles. The molecule has 0 aliphatic carbocycles. The Bertz CT molecular complexity index is 839. The average molecular weight is 361 g/mol. The van der Waals surface area contributed by atoms with Gasteiger partial charge in [0.15, 0.2) is 6.04 Å². The molecule has 3 aliphatic heterocycles. The van der Waals surface area contributed by atoms with E-state index in [1.54, 1.807) is 38.1 Å². The number of carbonyl (C=O) groups excluding carboxylic acids is 3. The van der Waals surface area contributed by atoms with E-state index in [2.05, 4.69) is 10.6 Å². The van der Waals surface area contributed by atoms with Crippen LogP contribution in [0.1, 0.15) is 19.4 Å². The predicted molar refractivity (Wildman–Crippen MR) is 89.6 cm³/mol. The van der Waals surface area contributed by atoms with Gasteiger partial charge >= 0.3 is 6.09 Å². The molecule has 2 N–H and O–H groups in total. The van der Waals surface area contributed by atoms with Crippen LogP contribution in [0.15, 0.2) is 24.3 Å². The molecular weight excluding hydrogens is 346 g/mol. The van der Waals surface area contributed by atoms with Crippen molar-refractivity contribution >= 4 is 41.0 Å². The monoisotopic (exact) mass is 361 g/mol. The molecule has 130 valence electrons. The third-order valence-electron chi connectivity index (χ3n) is 4.64. The molecule has 0 bridgehead atoms. The highest BCUT2D eigenvalue weighted by atomic mass is 32.1. The Morgan fingerprint density at radius 3 is 2.72 bits per heavy atom. The lowest BCUT2D eigenvalue weighted by molar-refractivity contribution is -0.144. The van der Waals surface area contributed by atoms with Gasteiger partial charge in [0.05, 0.1) is 5.54 Å². The summed E-state index contributed by atoms with van der Waals surface area (Å²) in [6, 6.07) is 5.73. The van der Waals surface area contributed by atoms with Crippen LogP contribution in [0.5, 0.6) is 0 Å². The predicted octanol–water partition coefficient (Wildman–Crippen LogP) is 0.865. The number of ether oxygens (including phenoxy) is 2. The number of anilines is 1. The van der Waals surface area contributed by atoms with Crippen LogP contribution in [-0.4, -0.2) is 46.2 Å². The second-order valence-electron chi connectivity index (χ2n) is 6.74. The first kappa shape index (κ1) is 15.8. The number of thiocarbonyl (C=S) groups is 1. The van der Waals surface area contributed by atoms with Crippen molar-refractivity contribution in [3.8, 4) is 0 Å². The van der Waals surface area contributed by atoms with E-state index in [9.17, 15) is 14.4 Å². The lowest BCUT2D eigenvalue weighted by atomic mass is 9.86. The van der Waals surface area contributed by atoms with E-state index in [-0.39, 0.29) is 11.8 Å². The highest BCUT2D eigenvalue weighted by Crippen LogP contribution is 2.45. The van der Waals surface area contributed by atoms with Crippen molar-refractivity contribution in [2.24, 2.45) is 0 Å². The van der Waals surface area contributed by atoms with Crippen LogP contribution in [0.3, 0.4) is 0 Å². The molecule has 0 saturated carbocycles. The van der Waals surface area contributed by atoms with Gasteiger partial charge in [-0.1, -0.05) is 18.2 Å². The van der Waals surface area contributed by atoms with Gasteiger partial charge in [0.25, 0.3) is 17.0 Å². The Labute approximate surface area is 148 Å². The van der Waals surface area contributed by atoms with Crippen LogP contribution in [0.4, 0.5) is 10.5 Å². The summed E-state index contributed by atoms with van der Waals surface area (Å²) in [4.78, 5) is 39.0. The Morgan fingerprint density at radius 2 is 2.04 bits per heavy atom. The number of para-hydroxylation sites is 1. The molecule has 3 amide bonds. The number of hydrogen-bond donors (Lipinski definition) is 2. The summed E-state index contributed by atoms with van der Waals surface area (Å²) in [5.74, 6) is -1.14. The SMILES string of the molecule is CC1(C)COC(=O)N1C(=O)[C@H]1NC(=S)O[C@@]12C(=O)Nc1ccccc12. The molecule has 8 nitrogen and oxygen atoms in total. The third-order valence-corrected chi connectivity index (χ3v) is 4.84. The summed E-state index contributed by atoms with van der Waals surface area (Å²) in [6.45, 7) is 3.49. The highest BCUT2D eigenvalue weighted by molar-refractivity contribution is 7.80. The summed E-state index contributed by atoms with van der Waals surface area (Å²) >= 11 is 5.07. The fourth-order valence-corrected chi connectivity index (χ4v) is 3.71. The van der Waals surface area contributed by atoms with E-state index in [1.807, 2.05) is 0 Å². The zero-order valence-electron chi connectivity index (χ0n) is 13.5. The quantitative estimate of drug-likeness (QED) is 0.716. The number of benzene rings is 1. The molecule has 9 heteroatoms. The molecule has 3 heterocycles. The number of nitrogens with zero attached hydrogens (tertiary/aromatic N) is 1. The van der Waals surface area contributed by atoms with Crippen LogP contribution in [0.2, 0.25) is 0 Å². The lowest BCUT2D eigenvalue weighted by Crippen LogP contribution is -2.59. The minimum atomic E-state index is -1.65. The number of fused-ring (bicyclic) bond motifs is 2. The van der Waals surface area contributed by atoms with Gasteiger partial charge < -0.3 is 20.1 Å². The number of rotatable bonds is 1. The van der Waals surface area contributed by atoms with E-state index in [0.717, 1.165) is 4.90 Å². The number of cyclic esters (lactones) is 1. The van der Waals surface area contributed by atoms with Gasteiger partial charge in [0.1, 0.15) is 6.61 Å². The summed E-state index contributed by atoms with van der Waals surface area (Å²) < 4.78 is 10.7. The topological polar surface area (TPSA) is 97.0 Å². The van der Waals surface area contributed by atoms with Crippen molar-refractivity contribution < 1.29 is 23.9 Å². The number of imide groups is 1. The molecule has 3 aliphatic rings.